The molecule has 11 heavy (non-hydrogen) atoms. The van der Waals surface area contributed by atoms with Crippen molar-refractivity contribution in [2.75, 3.05) is 0 Å². The predicted molar refractivity (Wildman–Crippen MR) is 45.1 cm³/mol. The third-order valence-electron chi connectivity index (χ3n) is 1.50. The van der Waals surface area contributed by atoms with Crippen LogP contribution in [0.25, 0.3) is 0 Å². The number of rotatable bonds is 1. The van der Waals surface area contributed by atoms with Crippen molar-refractivity contribution >= 4 is 11.6 Å². The Kier molecular flexibility index (Phi) is 2.50. The van der Waals surface area contributed by atoms with E-state index in [-0.39, 0.29) is 10.8 Å². The Balaban J connectivity index is 3.05. The molecule has 0 aliphatic rings. The van der Waals surface area contributed by atoms with Crippen molar-refractivity contribution in [1.82, 2.24) is 0 Å². The van der Waals surface area contributed by atoms with Gasteiger partial charge in [-0.15, -0.1) is 0 Å². The molecule has 1 aromatic carbocycles. The van der Waals surface area contributed by atoms with Gasteiger partial charge >= 0.3 is 0 Å². The Labute approximate surface area is 71.0 Å². The molecule has 59 valence electrons. The van der Waals surface area contributed by atoms with Gasteiger partial charge in [0, 0.05) is 0 Å². The summed E-state index contributed by atoms with van der Waals surface area (Å²) in [6.07, 6.45) is 0. The monoisotopic (exact) mass is 171 g/mol. The molecule has 0 spiro atoms. The number of halogens is 2. The van der Waals surface area contributed by atoms with E-state index in [0.717, 1.165) is 11.5 Å². The fourth-order valence-corrected chi connectivity index (χ4v) is 0.988. The first-order valence-electron chi connectivity index (χ1n) is 3.37. The van der Waals surface area contributed by atoms with Crippen LogP contribution in [-0.4, -0.2) is 0 Å². The molecule has 0 fully saturated rings. The second kappa shape index (κ2) is 3.22. The molecule has 0 unspecified atom stereocenters. The average molecular weight is 172 g/mol. The van der Waals surface area contributed by atoms with Crippen LogP contribution in [0, 0.1) is 11.7 Å². The molecular weight excluding hydrogens is 163 g/mol. The Morgan fingerprint density at radius 1 is 1.36 bits per heavy atom. The van der Waals surface area contributed by atoms with Crippen LogP contribution in [0.1, 0.15) is 19.4 Å². The zero-order chi connectivity index (χ0) is 8.43. The summed E-state index contributed by atoms with van der Waals surface area (Å²) >= 11 is 5.57. The van der Waals surface area contributed by atoms with Gasteiger partial charge in [-0.3, -0.25) is 0 Å². The first-order valence-corrected chi connectivity index (χ1v) is 3.74. The zero-order valence-electron chi connectivity index (χ0n) is 6.49. The summed E-state index contributed by atoms with van der Waals surface area (Å²) in [5.74, 6) is 0.767. The minimum atomic E-state index is -0.364. The quantitative estimate of drug-likeness (QED) is 0.607. The van der Waals surface area contributed by atoms with Crippen molar-refractivity contribution in [3.8, 4) is 0 Å². The van der Waals surface area contributed by atoms with E-state index >= 15 is 0 Å². The third-order valence-corrected chi connectivity index (χ3v) is 1.79. The minimum absolute atomic E-state index is 0.184. The second-order valence-electron chi connectivity index (χ2n) is 2.63. The number of hydrogen-bond acceptors (Lipinski definition) is 0. The molecule has 0 atom stereocenters. The largest absolute Gasteiger partial charge is 0.205 e. The SMILES string of the molecule is C[C](C)c1ccc(F)c(Cl)c1. The highest BCUT2D eigenvalue weighted by Crippen LogP contribution is 2.20. The van der Waals surface area contributed by atoms with Gasteiger partial charge in [-0.25, -0.2) is 4.39 Å². The van der Waals surface area contributed by atoms with Crippen molar-refractivity contribution in [3.05, 3.63) is 40.5 Å². The van der Waals surface area contributed by atoms with Crippen molar-refractivity contribution in [2.24, 2.45) is 0 Å². The third kappa shape index (κ3) is 1.93. The van der Waals surface area contributed by atoms with Gasteiger partial charge in [-0.1, -0.05) is 31.5 Å². The zero-order valence-corrected chi connectivity index (χ0v) is 7.24. The molecule has 0 N–H and O–H groups in total. The highest BCUT2D eigenvalue weighted by molar-refractivity contribution is 6.30. The smallest absolute Gasteiger partial charge is 0.141 e. The lowest BCUT2D eigenvalue weighted by atomic mass is 10.0. The topological polar surface area (TPSA) is 0 Å². The summed E-state index contributed by atoms with van der Waals surface area (Å²) in [4.78, 5) is 0. The van der Waals surface area contributed by atoms with Gasteiger partial charge in [0.05, 0.1) is 5.02 Å². The highest BCUT2D eigenvalue weighted by Gasteiger charge is 2.03. The lowest BCUT2D eigenvalue weighted by Crippen LogP contribution is -1.88. The van der Waals surface area contributed by atoms with Gasteiger partial charge in [-0.2, -0.15) is 0 Å². The molecule has 0 amide bonds. The Morgan fingerprint density at radius 3 is 2.45 bits per heavy atom. The van der Waals surface area contributed by atoms with Crippen LogP contribution in [0.15, 0.2) is 18.2 Å². The maximum Gasteiger partial charge on any atom is 0.141 e. The van der Waals surface area contributed by atoms with Gasteiger partial charge in [0.15, 0.2) is 0 Å². The first-order chi connectivity index (χ1) is 5.11. The second-order valence-corrected chi connectivity index (χ2v) is 3.04. The van der Waals surface area contributed by atoms with Gasteiger partial charge in [0.1, 0.15) is 5.82 Å². The molecule has 1 aromatic rings. The average Bonchev–Trinajstić information content (AvgIpc) is 1.94. The summed E-state index contributed by atoms with van der Waals surface area (Å²) in [5.41, 5.74) is 0.983. The first kappa shape index (κ1) is 8.54. The number of hydrogen-bond donors (Lipinski definition) is 0. The van der Waals surface area contributed by atoms with E-state index in [0.29, 0.717) is 0 Å². The van der Waals surface area contributed by atoms with E-state index in [4.69, 9.17) is 11.6 Å². The van der Waals surface area contributed by atoms with E-state index in [2.05, 4.69) is 0 Å². The predicted octanol–water partition coefficient (Wildman–Crippen LogP) is 3.44. The van der Waals surface area contributed by atoms with Crippen LogP contribution in [0.5, 0.6) is 0 Å². The van der Waals surface area contributed by atoms with Crippen LogP contribution >= 0.6 is 11.6 Å². The summed E-state index contributed by atoms with van der Waals surface area (Å²) in [7, 11) is 0. The van der Waals surface area contributed by atoms with E-state index in [1.165, 1.54) is 6.07 Å². The molecule has 0 saturated heterocycles. The molecule has 0 bridgehead atoms. The fraction of sp³-hybridized carbons (Fsp3) is 0.222. The molecular formula is C9H9ClF. The molecule has 1 radical (unpaired) electrons. The van der Waals surface area contributed by atoms with Gasteiger partial charge in [0.25, 0.3) is 0 Å². The Morgan fingerprint density at radius 2 is 2.00 bits per heavy atom. The molecule has 0 heterocycles. The molecule has 0 saturated carbocycles. The van der Waals surface area contributed by atoms with Crippen molar-refractivity contribution in [1.29, 1.82) is 0 Å². The van der Waals surface area contributed by atoms with E-state index < -0.39 is 0 Å². The van der Waals surface area contributed by atoms with Crippen molar-refractivity contribution < 1.29 is 4.39 Å². The summed E-state index contributed by atoms with van der Waals surface area (Å²) in [6, 6.07) is 4.73. The molecule has 0 aliphatic carbocycles. The van der Waals surface area contributed by atoms with Gasteiger partial charge in [-0.05, 0) is 23.6 Å². The highest BCUT2D eigenvalue weighted by atomic mass is 35.5. The molecule has 0 aromatic heterocycles. The standard InChI is InChI=1S/C9H9ClF/c1-6(2)7-3-4-9(11)8(10)5-7/h3-5H,1-2H3. The van der Waals surface area contributed by atoms with Crippen molar-refractivity contribution in [2.45, 2.75) is 13.8 Å². The van der Waals surface area contributed by atoms with E-state index in [1.807, 2.05) is 13.8 Å². The summed E-state index contributed by atoms with van der Waals surface area (Å²) in [6.45, 7) is 3.92. The van der Waals surface area contributed by atoms with Crippen LogP contribution in [0.2, 0.25) is 5.02 Å². The van der Waals surface area contributed by atoms with Crippen LogP contribution in [0.3, 0.4) is 0 Å². The molecule has 2 heteroatoms. The lowest BCUT2D eigenvalue weighted by molar-refractivity contribution is 0.627. The summed E-state index contributed by atoms with van der Waals surface area (Å²) < 4.78 is 12.6. The van der Waals surface area contributed by atoms with Crippen LogP contribution < -0.4 is 0 Å². The van der Waals surface area contributed by atoms with E-state index in [9.17, 15) is 4.39 Å². The molecule has 0 aliphatic heterocycles. The minimum Gasteiger partial charge on any atom is -0.205 e. The maximum atomic E-state index is 12.6. The Hall–Kier alpha value is -0.560. The number of benzene rings is 1. The van der Waals surface area contributed by atoms with Gasteiger partial charge in [0.2, 0.25) is 0 Å². The van der Waals surface area contributed by atoms with Gasteiger partial charge < -0.3 is 0 Å². The maximum absolute atomic E-state index is 12.6. The van der Waals surface area contributed by atoms with Crippen molar-refractivity contribution in [3.63, 3.8) is 0 Å². The molecule has 0 nitrogen and oxygen atoms in total. The fourth-order valence-electron chi connectivity index (χ4n) is 0.807. The normalized spacial score (nSPS) is 10.6. The Bertz CT molecular complexity index is 256. The lowest BCUT2D eigenvalue weighted by Gasteiger charge is -2.04. The molecule has 1 rings (SSSR count). The van der Waals surface area contributed by atoms with Crippen LogP contribution in [0.4, 0.5) is 4.39 Å². The summed E-state index contributed by atoms with van der Waals surface area (Å²) in [5, 5.41) is 0.184. The van der Waals surface area contributed by atoms with E-state index in [1.54, 1.807) is 12.1 Å². The van der Waals surface area contributed by atoms with Crippen LogP contribution in [-0.2, 0) is 0 Å².